The molecule has 3 nitrogen and oxygen atoms in total. The third-order valence-electron chi connectivity index (χ3n) is 3.07. The van der Waals surface area contributed by atoms with Gasteiger partial charge in [0, 0.05) is 10.0 Å². The van der Waals surface area contributed by atoms with E-state index >= 15 is 0 Å². The number of carbonyl (C=O) groups is 1. The molecular formula is C18H19BrO3. The third-order valence-corrected chi connectivity index (χ3v) is 3.56. The highest BCUT2D eigenvalue weighted by atomic mass is 79.9. The first-order valence-electron chi connectivity index (χ1n) is 7.05. The van der Waals surface area contributed by atoms with Gasteiger partial charge in [0.05, 0.1) is 0 Å². The molecule has 0 atom stereocenters. The van der Waals surface area contributed by atoms with Crippen LogP contribution in [0.5, 0.6) is 11.5 Å². The summed E-state index contributed by atoms with van der Waals surface area (Å²) < 4.78 is 11.8. The van der Waals surface area contributed by atoms with Crippen LogP contribution in [0.4, 0.5) is 0 Å². The molecule has 0 aliphatic carbocycles. The molecule has 0 saturated heterocycles. The fourth-order valence-corrected chi connectivity index (χ4v) is 2.40. The number of rotatable bonds is 4. The molecule has 0 heterocycles. The second kappa shape index (κ2) is 6.97. The second-order valence-corrected chi connectivity index (χ2v) is 6.88. The van der Waals surface area contributed by atoms with E-state index in [0.717, 1.165) is 10.0 Å². The Morgan fingerprint density at radius 3 is 2.50 bits per heavy atom. The van der Waals surface area contributed by atoms with E-state index in [9.17, 15) is 4.79 Å². The maximum absolute atomic E-state index is 12.0. The maximum atomic E-state index is 12.0. The molecule has 116 valence electrons. The van der Waals surface area contributed by atoms with E-state index in [1.165, 1.54) is 0 Å². The van der Waals surface area contributed by atoms with Crippen LogP contribution in [-0.4, -0.2) is 12.6 Å². The summed E-state index contributed by atoms with van der Waals surface area (Å²) in [5.74, 6) is 0.782. The van der Waals surface area contributed by atoms with Gasteiger partial charge in [-0.1, -0.05) is 61.0 Å². The minimum Gasteiger partial charge on any atom is -0.482 e. The zero-order valence-electron chi connectivity index (χ0n) is 12.9. The van der Waals surface area contributed by atoms with Gasteiger partial charge in [-0.15, -0.1) is 0 Å². The molecule has 0 spiro atoms. The van der Waals surface area contributed by atoms with Gasteiger partial charge in [0.15, 0.2) is 6.61 Å². The smallest absolute Gasteiger partial charge is 0.349 e. The summed E-state index contributed by atoms with van der Waals surface area (Å²) in [6.45, 7) is 6.11. The SMILES string of the molecule is CC(C)(C)c1ccccc1OC(=O)COc1cccc(Br)c1. The van der Waals surface area contributed by atoms with E-state index < -0.39 is 5.97 Å². The van der Waals surface area contributed by atoms with Gasteiger partial charge in [0.2, 0.25) is 0 Å². The Balaban J connectivity index is 2.01. The van der Waals surface area contributed by atoms with Gasteiger partial charge in [-0.05, 0) is 29.7 Å². The number of carbonyl (C=O) groups excluding carboxylic acids is 1. The van der Waals surface area contributed by atoms with Crippen LogP contribution in [-0.2, 0) is 10.2 Å². The predicted octanol–water partition coefficient (Wildman–Crippen LogP) is 4.73. The summed E-state index contributed by atoms with van der Waals surface area (Å²) in [7, 11) is 0. The number of benzene rings is 2. The van der Waals surface area contributed by atoms with Crippen molar-refractivity contribution in [2.24, 2.45) is 0 Å². The van der Waals surface area contributed by atoms with Gasteiger partial charge < -0.3 is 9.47 Å². The minimum absolute atomic E-state index is 0.0952. The molecule has 0 saturated carbocycles. The molecule has 4 heteroatoms. The topological polar surface area (TPSA) is 35.5 Å². The van der Waals surface area contributed by atoms with Crippen LogP contribution in [0.3, 0.4) is 0 Å². The van der Waals surface area contributed by atoms with Crippen molar-refractivity contribution in [3.8, 4) is 11.5 Å². The Morgan fingerprint density at radius 2 is 1.82 bits per heavy atom. The van der Waals surface area contributed by atoms with Crippen molar-refractivity contribution < 1.29 is 14.3 Å². The molecule has 0 amide bonds. The van der Waals surface area contributed by atoms with Crippen molar-refractivity contribution in [1.82, 2.24) is 0 Å². The van der Waals surface area contributed by atoms with E-state index in [4.69, 9.17) is 9.47 Å². The lowest BCUT2D eigenvalue weighted by Crippen LogP contribution is -2.20. The standard InChI is InChI=1S/C18H19BrO3/c1-18(2,3)15-9-4-5-10-16(15)22-17(20)12-21-14-8-6-7-13(19)11-14/h4-11H,12H2,1-3H3. The number of para-hydroxylation sites is 1. The van der Waals surface area contributed by atoms with E-state index in [1.54, 1.807) is 18.2 Å². The first kappa shape index (κ1) is 16.6. The molecule has 0 radical (unpaired) electrons. The normalized spacial score (nSPS) is 11.1. The van der Waals surface area contributed by atoms with Crippen LogP contribution in [0.25, 0.3) is 0 Å². The average molecular weight is 363 g/mol. The van der Waals surface area contributed by atoms with Crippen molar-refractivity contribution in [2.45, 2.75) is 26.2 Å². The van der Waals surface area contributed by atoms with Crippen molar-refractivity contribution in [3.05, 3.63) is 58.6 Å². The molecule has 2 rings (SSSR count). The lowest BCUT2D eigenvalue weighted by atomic mass is 9.86. The van der Waals surface area contributed by atoms with Crippen molar-refractivity contribution in [2.75, 3.05) is 6.61 Å². The summed E-state index contributed by atoms with van der Waals surface area (Å²) >= 11 is 3.36. The number of hydrogen-bond donors (Lipinski definition) is 0. The van der Waals surface area contributed by atoms with Crippen molar-refractivity contribution in [1.29, 1.82) is 0 Å². The first-order valence-corrected chi connectivity index (χ1v) is 7.84. The fraction of sp³-hybridized carbons (Fsp3) is 0.278. The molecular weight excluding hydrogens is 344 g/mol. The monoisotopic (exact) mass is 362 g/mol. The summed E-state index contributed by atoms with van der Waals surface area (Å²) in [5.41, 5.74) is 0.896. The van der Waals surface area contributed by atoms with Crippen LogP contribution in [0.2, 0.25) is 0 Å². The predicted molar refractivity (Wildman–Crippen MR) is 90.4 cm³/mol. The van der Waals surface area contributed by atoms with Crippen LogP contribution in [0.15, 0.2) is 53.0 Å². The fourth-order valence-electron chi connectivity index (χ4n) is 2.03. The Kier molecular flexibility index (Phi) is 5.24. The minimum atomic E-state index is -0.420. The zero-order valence-corrected chi connectivity index (χ0v) is 14.5. The molecule has 0 aromatic heterocycles. The van der Waals surface area contributed by atoms with Crippen molar-refractivity contribution >= 4 is 21.9 Å². The summed E-state index contributed by atoms with van der Waals surface area (Å²) in [6.07, 6.45) is 0. The van der Waals surface area contributed by atoms with Gasteiger partial charge in [0.25, 0.3) is 0 Å². The quantitative estimate of drug-likeness (QED) is 0.582. The van der Waals surface area contributed by atoms with E-state index in [-0.39, 0.29) is 12.0 Å². The third kappa shape index (κ3) is 4.60. The van der Waals surface area contributed by atoms with Crippen LogP contribution >= 0.6 is 15.9 Å². The lowest BCUT2D eigenvalue weighted by Gasteiger charge is -2.22. The van der Waals surface area contributed by atoms with Gasteiger partial charge in [0.1, 0.15) is 11.5 Å². The second-order valence-electron chi connectivity index (χ2n) is 5.97. The molecule has 0 unspecified atom stereocenters. The van der Waals surface area contributed by atoms with Crippen molar-refractivity contribution in [3.63, 3.8) is 0 Å². The Labute approximate surface area is 139 Å². The highest BCUT2D eigenvalue weighted by molar-refractivity contribution is 9.10. The van der Waals surface area contributed by atoms with E-state index in [0.29, 0.717) is 11.5 Å². The molecule has 0 aliphatic rings. The summed E-state index contributed by atoms with van der Waals surface area (Å²) in [4.78, 5) is 12.0. The zero-order chi connectivity index (χ0) is 16.2. The number of ether oxygens (including phenoxy) is 2. The molecule has 2 aromatic carbocycles. The average Bonchev–Trinajstić information content (AvgIpc) is 2.45. The highest BCUT2D eigenvalue weighted by Gasteiger charge is 2.20. The Morgan fingerprint density at radius 1 is 1.09 bits per heavy atom. The van der Waals surface area contributed by atoms with Gasteiger partial charge >= 0.3 is 5.97 Å². The van der Waals surface area contributed by atoms with Crippen LogP contribution < -0.4 is 9.47 Å². The molecule has 2 aromatic rings. The first-order chi connectivity index (χ1) is 10.4. The molecule has 0 N–H and O–H groups in total. The Bertz CT molecular complexity index is 659. The number of esters is 1. The van der Waals surface area contributed by atoms with Crippen LogP contribution in [0, 0.1) is 0 Å². The summed E-state index contributed by atoms with van der Waals surface area (Å²) in [6, 6.07) is 14.9. The van der Waals surface area contributed by atoms with Crippen LogP contribution in [0.1, 0.15) is 26.3 Å². The molecule has 0 aliphatic heterocycles. The number of hydrogen-bond acceptors (Lipinski definition) is 3. The van der Waals surface area contributed by atoms with Gasteiger partial charge in [-0.25, -0.2) is 4.79 Å². The molecule has 0 fully saturated rings. The summed E-state index contributed by atoms with van der Waals surface area (Å²) in [5, 5.41) is 0. The highest BCUT2D eigenvalue weighted by Crippen LogP contribution is 2.31. The largest absolute Gasteiger partial charge is 0.482 e. The van der Waals surface area contributed by atoms with E-state index in [1.807, 2.05) is 30.3 Å². The molecule has 0 bridgehead atoms. The Hall–Kier alpha value is -1.81. The van der Waals surface area contributed by atoms with E-state index in [2.05, 4.69) is 36.7 Å². The van der Waals surface area contributed by atoms with Gasteiger partial charge in [-0.3, -0.25) is 0 Å². The number of halogens is 1. The van der Waals surface area contributed by atoms with Gasteiger partial charge in [-0.2, -0.15) is 0 Å². The molecule has 22 heavy (non-hydrogen) atoms. The lowest BCUT2D eigenvalue weighted by molar-refractivity contribution is -0.136. The maximum Gasteiger partial charge on any atom is 0.349 e.